The highest BCUT2D eigenvalue weighted by Crippen LogP contribution is 2.17. The van der Waals surface area contributed by atoms with Gasteiger partial charge >= 0.3 is 0 Å². The zero-order chi connectivity index (χ0) is 11.6. The lowest BCUT2D eigenvalue weighted by molar-refractivity contribution is -0.320. The first-order valence-electron chi connectivity index (χ1n) is 3.94. The van der Waals surface area contributed by atoms with Crippen LogP contribution in [0.3, 0.4) is 0 Å². The molecule has 0 bridgehead atoms. The third-order valence-corrected chi connectivity index (χ3v) is 2.33. The third-order valence-electron chi connectivity index (χ3n) is 1.85. The maximum absolute atomic E-state index is 10.3. The largest absolute Gasteiger partial charge is 0.726 e. The number of ether oxygens (including phenoxy) is 1. The van der Waals surface area contributed by atoms with Crippen LogP contribution < -0.4 is 5.11 Å². The molecular formula is C6H8O8S-2. The van der Waals surface area contributed by atoms with Crippen LogP contribution in [0.1, 0.15) is 6.42 Å². The van der Waals surface area contributed by atoms with Gasteiger partial charge in [-0.1, -0.05) is 0 Å². The first-order valence-corrected chi connectivity index (χ1v) is 5.27. The van der Waals surface area contributed by atoms with Gasteiger partial charge in [-0.2, -0.15) is 0 Å². The number of carbonyl (C=O) groups excluding carboxylic acids is 1. The molecule has 0 aliphatic carbocycles. The predicted molar refractivity (Wildman–Crippen MR) is 39.9 cm³/mol. The lowest BCUT2D eigenvalue weighted by Crippen LogP contribution is -2.50. The van der Waals surface area contributed by atoms with Crippen molar-refractivity contribution in [2.75, 3.05) is 6.61 Å². The summed E-state index contributed by atoms with van der Waals surface area (Å²) in [6.45, 7) is -0.499. The van der Waals surface area contributed by atoms with Crippen molar-refractivity contribution < 1.29 is 36.9 Å². The van der Waals surface area contributed by atoms with Gasteiger partial charge in [0.2, 0.25) is 10.4 Å². The van der Waals surface area contributed by atoms with Gasteiger partial charge in [-0.3, -0.25) is 4.18 Å². The van der Waals surface area contributed by atoms with Crippen molar-refractivity contribution in [3.05, 3.63) is 0 Å². The Hall–Kier alpha value is -0.740. The van der Waals surface area contributed by atoms with Crippen molar-refractivity contribution in [3.63, 3.8) is 0 Å². The molecule has 3 unspecified atom stereocenters. The molecule has 0 amide bonds. The number of carboxylic acids is 1. The van der Waals surface area contributed by atoms with Gasteiger partial charge in [0.15, 0.2) is 0 Å². The minimum Gasteiger partial charge on any atom is -0.726 e. The highest BCUT2D eigenvalue weighted by molar-refractivity contribution is 7.80. The highest BCUT2D eigenvalue weighted by Gasteiger charge is 2.32. The predicted octanol–water partition coefficient (Wildman–Crippen LogP) is -3.27. The van der Waals surface area contributed by atoms with Gasteiger partial charge in [-0.05, 0) is 0 Å². The highest BCUT2D eigenvalue weighted by atomic mass is 32.3. The Bertz CT molecular complexity index is 335. The van der Waals surface area contributed by atoms with Crippen molar-refractivity contribution in [1.82, 2.24) is 0 Å². The number of rotatable bonds is 3. The molecule has 0 aromatic heterocycles. The number of aliphatic hydroxyl groups is 1. The first kappa shape index (κ1) is 12.3. The zero-order valence-corrected chi connectivity index (χ0v) is 8.18. The van der Waals surface area contributed by atoms with Gasteiger partial charge < -0.3 is 24.3 Å². The SMILES string of the molecule is O=C([O-])C1CC(O)C(OS(=O)(=O)[O-])CO1. The van der Waals surface area contributed by atoms with E-state index in [0.717, 1.165) is 0 Å². The van der Waals surface area contributed by atoms with E-state index >= 15 is 0 Å². The number of carbonyl (C=O) groups is 1. The first-order chi connectivity index (χ1) is 6.79. The van der Waals surface area contributed by atoms with Crippen molar-refractivity contribution in [2.45, 2.75) is 24.7 Å². The minimum atomic E-state index is -4.95. The second-order valence-electron chi connectivity index (χ2n) is 2.99. The van der Waals surface area contributed by atoms with Gasteiger partial charge in [-0.15, -0.1) is 0 Å². The molecule has 1 rings (SSSR count). The molecule has 9 heteroatoms. The number of hydrogen-bond acceptors (Lipinski definition) is 8. The van der Waals surface area contributed by atoms with Crippen LogP contribution in [0.2, 0.25) is 0 Å². The molecule has 1 heterocycles. The zero-order valence-electron chi connectivity index (χ0n) is 7.36. The summed E-state index contributed by atoms with van der Waals surface area (Å²) in [7, 11) is -4.95. The third kappa shape index (κ3) is 3.72. The van der Waals surface area contributed by atoms with E-state index in [9.17, 15) is 28.0 Å². The second-order valence-corrected chi connectivity index (χ2v) is 4.00. The van der Waals surface area contributed by atoms with E-state index < -0.39 is 41.3 Å². The normalized spacial score (nSPS) is 32.5. The quantitative estimate of drug-likeness (QED) is 0.400. The van der Waals surface area contributed by atoms with Gasteiger partial charge in [0.05, 0.1) is 24.8 Å². The van der Waals surface area contributed by atoms with Crippen LogP contribution in [0.25, 0.3) is 0 Å². The van der Waals surface area contributed by atoms with Gasteiger partial charge in [0, 0.05) is 6.42 Å². The molecule has 1 saturated heterocycles. The molecule has 1 N–H and O–H groups in total. The maximum Gasteiger partial charge on any atom is 0.218 e. The van der Waals surface area contributed by atoms with Crippen LogP contribution in [-0.2, 0) is 24.1 Å². The fourth-order valence-corrected chi connectivity index (χ4v) is 1.66. The van der Waals surface area contributed by atoms with E-state index in [1.807, 2.05) is 0 Å². The summed E-state index contributed by atoms with van der Waals surface area (Å²) in [5, 5.41) is 19.6. The summed E-state index contributed by atoms with van der Waals surface area (Å²) in [4.78, 5) is 10.3. The smallest absolute Gasteiger partial charge is 0.218 e. The Morgan fingerprint density at radius 3 is 2.53 bits per heavy atom. The molecule has 3 atom stereocenters. The number of hydrogen-bond donors (Lipinski definition) is 1. The topological polar surface area (TPSA) is 136 Å². The molecule has 0 radical (unpaired) electrons. The van der Waals surface area contributed by atoms with Gasteiger partial charge in [-0.25, -0.2) is 8.42 Å². The van der Waals surface area contributed by atoms with E-state index in [0.29, 0.717) is 0 Å². The summed E-state index contributed by atoms with van der Waals surface area (Å²) in [6.07, 6.45) is -4.48. The van der Waals surface area contributed by atoms with Crippen molar-refractivity contribution in [1.29, 1.82) is 0 Å². The maximum atomic E-state index is 10.3. The lowest BCUT2D eigenvalue weighted by atomic mass is 10.0. The monoisotopic (exact) mass is 240 g/mol. The molecule has 15 heavy (non-hydrogen) atoms. The summed E-state index contributed by atoms with van der Waals surface area (Å²) in [5.41, 5.74) is 0. The van der Waals surface area contributed by atoms with Crippen LogP contribution in [0.4, 0.5) is 0 Å². The lowest BCUT2D eigenvalue weighted by Gasteiger charge is -2.33. The minimum absolute atomic E-state index is 0.386. The second kappa shape index (κ2) is 4.41. The van der Waals surface area contributed by atoms with E-state index in [-0.39, 0.29) is 6.42 Å². The standard InChI is InChI=1S/C6H10O8S/c7-3-1-4(6(8)9)13-2-5(3)14-15(10,11)12/h3-5,7H,1-2H2,(H,8,9)(H,10,11,12)/p-2. The average Bonchev–Trinajstić information content (AvgIpc) is 2.05. The van der Waals surface area contributed by atoms with Gasteiger partial charge in [0.25, 0.3) is 0 Å². The molecule has 1 fully saturated rings. The molecule has 1 aliphatic heterocycles. The van der Waals surface area contributed by atoms with Crippen LogP contribution in [-0.4, -0.2) is 49.0 Å². The molecule has 0 aromatic rings. The van der Waals surface area contributed by atoms with Crippen LogP contribution in [0, 0.1) is 0 Å². The van der Waals surface area contributed by atoms with E-state index in [1.54, 1.807) is 0 Å². The molecule has 0 spiro atoms. The van der Waals surface area contributed by atoms with Crippen LogP contribution >= 0.6 is 0 Å². The van der Waals surface area contributed by atoms with E-state index in [4.69, 9.17) is 0 Å². The summed E-state index contributed by atoms with van der Waals surface area (Å²) in [5.74, 6) is -1.52. The molecule has 88 valence electrons. The van der Waals surface area contributed by atoms with Crippen molar-refractivity contribution in [2.24, 2.45) is 0 Å². The molecule has 0 aromatic carbocycles. The Labute approximate surface area is 85.4 Å². The van der Waals surface area contributed by atoms with Crippen molar-refractivity contribution in [3.8, 4) is 0 Å². The summed E-state index contributed by atoms with van der Waals surface area (Å²) < 4.78 is 39.1. The van der Waals surface area contributed by atoms with Gasteiger partial charge in [0.1, 0.15) is 6.10 Å². The summed E-state index contributed by atoms with van der Waals surface area (Å²) in [6, 6.07) is 0. The Morgan fingerprint density at radius 2 is 2.13 bits per heavy atom. The fourth-order valence-electron chi connectivity index (χ4n) is 1.17. The number of aliphatic carboxylic acids is 1. The average molecular weight is 240 g/mol. The van der Waals surface area contributed by atoms with E-state index in [2.05, 4.69) is 8.92 Å². The molecule has 1 aliphatic rings. The Kier molecular flexibility index (Phi) is 3.62. The van der Waals surface area contributed by atoms with Crippen LogP contribution in [0.15, 0.2) is 0 Å². The molecule has 0 saturated carbocycles. The molecular weight excluding hydrogens is 232 g/mol. The number of aliphatic hydroxyl groups excluding tert-OH is 1. The fraction of sp³-hybridized carbons (Fsp3) is 0.833. The van der Waals surface area contributed by atoms with E-state index in [1.165, 1.54) is 0 Å². The van der Waals surface area contributed by atoms with Crippen molar-refractivity contribution >= 4 is 16.4 Å². The summed E-state index contributed by atoms with van der Waals surface area (Å²) >= 11 is 0. The van der Waals surface area contributed by atoms with Crippen LogP contribution in [0.5, 0.6) is 0 Å². The Balaban J connectivity index is 2.57. The number of carboxylic acid groups (broad SMARTS) is 1. The molecule has 8 nitrogen and oxygen atoms in total. The Morgan fingerprint density at radius 1 is 1.53 bits per heavy atom.